The van der Waals surface area contributed by atoms with Crippen molar-refractivity contribution in [1.29, 1.82) is 0 Å². The monoisotopic (exact) mass is 311 g/mol. The topological polar surface area (TPSA) is 75.4 Å². The van der Waals surface area contributed by atoms with Gasteiger partial charge in [0.15, 0.2) is 0 Å². The van der Waals surface area contributed by atoms with Gasteiger partial charge in [-0.15, -0.1) is 0 Å². The second kappa shape index (κ2) is 5.94. The lowest BCUT2D eigenvalue weighted by molar-refractivity contribution is 0.222. The van der Waals surface area contributed by atoms with Crippen LogP contribution in [0, 0.1) is 25.7 Å². The smallest absolute Gasteiger partial charge is 0.243 e. The van der Waals surface area contributed by atoms with Crippen molar-refractivity contribution in [2.75, 3.05) is 18.5 Å². The number of nitrogens with two attached hydrogens (primary N) is 1. The van der Waals surface area contributed by atoms with Gasteiger partial charge < -0.3 is 5.43 Å². The zero-order valence-corrected chi connectivity index (χ0v) is 14.0. The molecule has 1 aromatic rings. The molecule has 1 saturated heterocycles. The molecule has 0 saturated carbocycles. The van der Waals surface area contributed by atoms with Crippen molar-refractivity contribution in [3.8, 4) is 0 Å². The van der Waals surface area contributed by atoms with E-state index >= 15 is 0 Å². The third kappa shape index (κ3) is 3.22. The predicted octanol–water partition coefficient (Wildman–Crippen LogP) is 2.26. The Morgan fingerprint density at radius 3 is 2.05 bits per heavy atom. The average Bonchev–Trinajstić information content (AvgIpc) is 2.36. The van der Waals surface area contributed by atoms with Crippen molar-refractivity contribution >= 4 is 15.7 Å². The number of benzene rings is 1. The lowest BCUT2D eigenvalue weighted by atomic mass is 9.94. The van der Waals surface area contributed by atoms with Crippen molar-refractivity contribution < 1.29 is 8.42 Å². The van der Waals surface area contributed by atoms with Gasteiger partial charge in [0.2, 0.25) is 10.0 Å². The maximum absolute atomic E-state index is 13.0. The predicted molar refractivity (Wildman–Crippen MR) is 85.4 cm³/mol. The Labute approximate surface area is 127 Å². The van der Waals surface area contributed by atoms with Gasteiger partial charge in [-0.1, -0.05) is 13.8 Å². The van der Waals surface area contributed by atoms with Crippen LogP contribution in [0.5, 0.6) is 0 Å². The summed E-state index contributed by atoms with van der Waals surface area (Å²) in [6.07, 6.45) is 1.08. The molecule has 0 bridgehead atoms. The third-order valence-corrected chi connectivity index (χ3v) is 6.20. The molecule has 21 heavy (non-hydrogen) atoms. The number of sulfonamides is 1. The Morgan fingerprint density at radius 2 is 1.62 bits per heavy atom. The summed E-state index contributed by atoms with van der Waals surface area (Å²) in [5.74, 6) is 6.21. The molecule has 1 fully saturated rings. The van der Waals surface area contributed by atoms with Gasteiger partial charge in [0.1, 0.15) is 0 Å². The van der Waals surface area contributed by atoms with Gasteiger partial charge in [-0.2, -0.15) is 4.31 Å². The first-order chi connectivity index (χ1) is 9.75. The van der Waals surface area contributed by atoms with Crippen LogP contribution in [0.4, 0.5) is 5.69 Å². The zero-order valence-electron chi connectivity index (χ0n) is 13.2. The SMILES string of the molecule is Cc1cc(NN)cc(C)c1S(=O)(=O)N1CC(C)CC(C)C1. The zero-order chi connectivity index (χ0) is 15.8. The minimum atomic E-state index is -3.45. The van der Waals surface area contributed by atoms with E-state index in [1.807, 2.05) is 13.8 Å². The molecule has 1 heterocycles. The second-order valence-corrected chi connectivity index (χ2v) is 8.23. The number of hydrogen-bond acceptors (Lipinski definition) is 4. The van der Waals surface area contributed by atoms with Crippen LogP contribution in [-0.2, 0) is 10.0 Å². The summed E-state index contributed by atoms with van der Waals surface area (Å²) in [5, 5.41) is 0. The van der Waals surface area contributed by atoms with Crippen LogP contribution in [0.15, 0.2) is 17.0 Å². The number of nitrogen functional groups attached to an aromatic ring is 1. The lowest BCUT2D eigenvalue weighted by Crippen LogP contribution is -2.42. The first-order valence-corrected chi connectivity index (χ1v) is 8.77. The average molecular weight is 311 g/mol. The van der Waals surface area contributed by atoms with E-state index in [2.05, 4.69) is 19.3 Å². The molecule has 0 aromatic heterocycles. The van der Waals surface area contributed by atoms with Gasteiger partial charge in [0, 0.05) is 18.8 Å². The Bertz CT molecular complexity index is 595. The van der Waals surface area contributed by atoms with E-state index < -0.39 is 10.0 Å². The maximum Gasteiger partial charge on any atom is 0.243 e. The van der Waals surface area contributed by atoms with Crippen molar-refractivity contribution in [3.63, 3.8) is 0 Å². The number of aryl methyl sites for hydroxylation is 2. The van der Waals surface area contributed by atoms with Gasteiger partial charge >= 0.3 is 0 Å². The molecular formula is C15H25N3O2S. The van der Waals surface area contributed by atoms with E-state index in [9.17, 15) is 8.42 Å². The Hall–Kier alpha value is -1.11. The van der Waals surface area contributed by atoms with Crippen LogP contribution in [0.2, 0.25) is 0 Å². The number of anilines is 1. The van der Waals surface area contributed by atoms with Crippen molar-refractivity contribution in [3.05, 3.63) is 23.3 Å². The first kappa shape index (κ1) is 16.3. The number of hydrazine groups is 1. The summed E-state index contributed by atoms with van der Waals surface area (Å²) in [7, 11) is -3.45. The summed E-state index contributed by atoms with van der Waals surface area (Å²) in [6, 6.07) is 3.55. The molecule has 0 radical (unpaired) electrons. The third-order valence-electron chi connectivity index (χ3n) is 4.06. The van der Waals surface area contributed by atoms with E-state index in [4.69, 9.17) is 5.84 Å². The molecule has 5 nitrogen and oxygen atoms in total. The Kier molecular flexibility index (Phi) is 4.60. The molecule has 3 N–H and O–H groups in total. The van der Waals surface area contributed by atoms with E-state index in [0.717, 1.165) is 23.2 Å². The Balaban J connectivity index is 2.44. The van der Waals surface area contributed by atoms with Crippen LogP contribution in [0.1, 0.15) is 31.4 Å². The number of rotatable bonds is 3. The summed E-state index contributed by atoms with van der Waals surface area (Å²) < 4.78 is 27.6. The second-order valence-electron chi connectivity index (χ2n) is 6.35. The van der Waals surface area contributed by atoms with E-state index in [1.165, 1.54) is 0 Å². The van der Waals surface area contributed by atoms with Crippen LogP contribution in [0.25, 0.3) is 0 Å². The summed E-state index contributed by atoms with van der Waals surface area (Å²) in [6.45, 7) is 9.05. The van der Waals surface area contributed by atoms with Gasteiger partial charge in [-0.25, -0.2) is 8.42 Å². The molecule has 1 aliphatic rings. The fourth-order valence-electron chi connectivity index (χ4n) is 3.37. The fourth-order valence-corrected chi connectivity index (χ4v) is 5.46. The highest BCUT2D eigenvalue weighted by molar-refractivity contribution is 7.89. The quantitative estimate of drug-likeness (QED) is 0.663. The molecule has 1 aliphatic heterocycles. The fraction of sp³-hybridized carbons (Fsp3) is 0.600. The highest BCUT2D eigenvalue weighted by Gasteiger charge is 2.33. The molecule has 6 heteroatoms. The highest BCUT2D eigenvalue weighted by Crippen LogP contribution is 2.31. The highest BCUT2D eigenvalue weighted by atomic mass is 32.2. The van der Waals surface area contributed by atoms with Crippen molar-refractivity contribution in [2.24, 2.45) is 17.7 Å². The lowest BCUT2D eigenvalue weighted by Gasteiger charge is -2.34. The molecule has 118 valence electrons. The largest absolute Gasteiger partial charge is 0.324 e. The van der Waals surface area contributed by atoms with Gasteiger partial charge in [0.25, 0.3) is 0 Å². The van der Waals surface area contributed by atoms with E-state index in [1.54, 1.807) is 16.4 Å². The molecule has 0 amide bonds. The summed E-state index contributed by atoms with van der Waals surface area (Å²) >= 11 is 0. The molecular weight excluding hydrogens is 286 g/mol. The number of nitrogens with one attached hydrogen (secondary N) is 1. The number of piperidine rings is 1. The molecule has 0 spiro atoms. The molecule has 2 rings (SSSR count). The molecule has 0 aliphatic carbocycles. The van der Waals surface area contributed by atoms with E-state index in [0.29, 0.717) is 29.8 Å². The minimum absolute atomic E-state index is 0.397. The van der Waals surface area contributed by atoms with Gasteiger partial charge in [0.05, 0.1) is 4.90 Å². The van der Waals surface area contributed by atoms with Crippen LogP contribution >= 0.6 is 0 Å². The van der Waals surface area contributed by atoms with E-state index in [-0.39, 0.29) is 0 Å². The van der Waals surface area contributed by atoms with Crippen LogP contribution in [0.3, 0.4) is 0 Å². The summed E-state index contributed by atoms with van der Waals surface area (Å²) in [5.41, 5.74) is 4.76. The maximum atomic E-state index is 13.0. The van der Waals surface area contributed by atoms with Gasteiger partial charge in [-0.05, 0) is 55.4 Å². The normalized spacial score (nSPS) is 24.0. The molecule has 2 unspecified atom stereocenters. The van der Waals surface area contributed by atoms with Gasteiger partial charge in [-0.3, -0.25) is 5.84 Å². The molecule has 1 aromatic carbocycles. The van der Waals surface area contributed by atoms with Crippen LogP contribution in [-0.4, -0.2) is 25.8 Å². The number of hydrogen-bond donors (Lipinski definition) is 2. The van der Waals surface area contributed by atoms with Crippen molar-refractivity contribution in [2.45, 2.75) is 39.0 Å². The Morgan fingerprint density at radius 1 is 1.14 bits per heavy atom. The number of nitrogens with zero attached hydrogens (tertiary/aromatic N) is 1. The standard InChI is InChI=1S/C15H25N3O2S/c1-10-5-11(2)9-18(8-10)21(19,20)15-12(3)6-14(17-16)7-13(15)4/h6-7,10-11,17H,5,8-9,16H2,1-4H3. The minimum Gasteiger partial charge on any atom is -0.324 e. The van der Waals surface area contributed by atoms with Crippen LogP contribution < -0.4 is 11.3 Å². The summed E-state index contributed by atoms with van der Waals surface area (Å²) in [4.78, 5) is 0.419. The van der Waals surface area contributed by atoms with Crippen molar-refractivity contribution in [1.82, 2.24) is 4.31 Å². The first-order valence-electron chi connectivity index (χ1n) is 7.33. The molecule has 2 atom stereocenters.